The lowest BCUT2D eigenvalue weighted by Crippen LogP contribution is -2.29. The van der Waals surface area contributed by atoms with Gasteiger partial charge in [0.1, 0.15) is 10.6 Å². The number of para-hydroxylation sites is 1. The summed E-state index contributed by atoms with van der Waals surface area (Å²) in [7, 11) is -3.74. The number of fused-ring (bicyclic) bond motifs is 1. The molecule has 0 aliphatic carbocycles. The van der Waals surface area contributed by atoms with Crippen LogP contribution in [0.3, 0.4) is 0 Å². The minimum atomic E-state index is -3.74. The van der Waals surface area contributed by atoms with E-state index in [9.17, 15) is 8.42 Å². The average Bonchev–Trinajstić information content (AvgIpc) is 3.26. The molecule has 0 radical (unpaired) electrons. The normalized spacial score (nSPS) is 13.1. The summed E-state index contributed by atoms with van der Waals surface area (Å²) < 4.78 is 33.6. The van der Waals surface area contributed by atoms with Crippen LogP contribution in [-0.4, -0.2) is 25.1 Å². The molecular weight excluding hydrogens is 374 g/mol. The first-order valence-corrected chi connectivity index (χ1v) is 10.5. The monoisotopic (exact) mass is 395 g/mol. The summed E-state index contributed by atoms with van der Waals surface area (Å²) >= 11 is 0. The second kappa shape index (κ2) is 7.26. The van der Waals surface area contributed by atoms with Crippen LogP contribution >= 0.6 is 0 Å². The van der Waals surface area contributed by atoms with Crippen molar-refractivity contribution in [3.63, 3.8) is 0 Å². The highest BCUT2D eigenvalue weighted by molar-refractivity contribution is 7.89. The van der Waals surface area contributed by atoms with E-state index in [1.165, 1.54) is 0 Å². The fourth-order valence-electron chi connectivity index (χ4n) is 3.60. The number of aromatic amines is 1. The number of aryl methyl sites for hydroxylation is 2. The first kappa shape index (κ1) is 18.5. The first-order chi connectivity index (χ1) is 13.5. The maximum atomic E-state index is 12.9. The zero-order chi connectivity index (χ0) is 19.7. The van der Waals surface area contributed by atoms with E-state index in [0.717, 1.165) is 22.0 Å². The summed E-state index contributed by atoms with van der Waals surface area (Å²) in [6.45, 7) is 3.45. The Labute approximate surface area is 163 Å². The molecule has 1 unspecified atom stereocenters. The summed E-state index contributed by atoms with van der Waals surface area (Å²) in [5, 5.41) is 4.84. The maximum Gasteiger partial charge on any atom is 0.245 e. The molecule has 0 spiro atoms. The molecule has 0 aliphatic rings. The highest BCUT2D eigenvalue weighted by Gasteiger charge is 2.26. The molecule has 0 saturated carbocycles. The Morgan fingerprint density at radius 1 is 1.07 bits per heavy atom. The molecule has 0 aliphatic heterocycles. The number of aromatic nitrogens is 2. The highest BCUT2D eigenvalue weighted by Crippen LogP contribution is 2.31. The summed E-state index contributed by atoms with van der Waals surface area (Å²) in [4.78, 5) is 3.39. The van der Waals surface area contributed by atoms with Crippen molar-refractivity contribution in [2.75, 3.05) is 6.54 Å². The van der Waals surface area contributed by atoms with Gasteiger partial charge in [-0.2, -0.15) is 0 Å². The highest BCUT2D eigenvalue weighted by atomic mass is 32.2. The summed E-state index contributed by atoms with van der Waals surface area (Å²) in [5.74, 6) is 0.140. The van der Waals surface area contributed by atoms with Crippen molar-refractivity contribution in [1.29, 1.82) is 0 Å². The van der Waals surface area contributed by atoms with Crippen molar-refractivity contribution >= 4 is 20.9 Å². The molecule has 2 aromatic carbocycles. The van der Waals surface area contributed by atoms with Crippen LogP contribution < -0.4 is 4.72 Å². The van der Waals surface area contributed by atoms with Crippen LogP contribution in [0.25, 0.3) is 10.9 Å². The van der Waals surface area contributed by atoms with Gasteiger partial charge < -0.3 is 9.51 Å². The van der Waals surface area contributed by atoms with E-state index in [4.69, 9.17) is 4.52 Å². The van der Waals surface area contributed by atoms with E-state index in [-0.39, 0.29) is 23.1 Å². The number of rotatable bonds is 6. The first-order valence-electron chi connectivity index (χ1n) is 9.01. The molecule has 0 fully saturated rings. The lowest BCUT2D eigenvalue weighted by atomic mass is 9.91. The van der Waals surface area contributed by atoms with Crippen LogP contribution in [0, 0.1) is 13.8 Å². The average molecular weight is 395 g/mol. The molecular formula is C21H21N3O3S. The van der Waals surface area contributed by atoms with Crippen molar-refractivity contribution in [3.8, 4) is 0 Å². The molecule has 0 amide bonds. The topological polar surface area (TPSA) is 88.0 Å². The molecule has 144 valence electrons. The number of benzene rings is 2. The summed E-state index contributed by atoms with van der Waals surface area (Å²) in [6, 6.07) is 17.9. The van der Waals surface area contributed by atoms with Gasteiger partial charge in [0.25, 0.3) is 0 Å². The minimum absolute atomic E-state index is 0.109. The number of nitrogens with zero attached hydrogens (tertiary/aromatic N) is 1. The largest absolute Gasteiger partial charge is 0.361 e. The van der Waals surface area contributed by atoms with Gasteiger partial charge in [0.05, 0.1) is 0 Å². The van der Waals surface area contributed by atoms with Crippen molar-refractivity contribution in [2.24, 2.45) is 0 Å². The van der Waals surface area contributed by atoms with Crippen LogP contribution in [0.5, 0.6) is 0 Å². The Bertz CT molecular complexity index is 1190. The van der Waals surface area contributed by atoms with Crippen LogP contribution in [-0.2, 0) is 10.0 Å². The lowest BCUT2D eigenvalue weighted by Gasteiger charge is -2.18. The zero-order valence-electron chi connectivity index (χ0n) is 15.6. The molecule has 7 heteroatoms. The van der Waals surface area contributed by atoms with E-state index in [1.807, 2.05) is 60.8 Å². The van der Waals surface area contributed by atoms with Gasteiger partial charge in [-0.25, -0.2) is 13.1 Å². The Balaban J connectivity index is 1.72. The summed E-state index contributed by atoms with van der Waals surface area (Å²) in [5.41, 5.74) is 3.46. The third-order valence-electron chi connectivity index (χ3n) is 4.91. The summed E-state index contributed by atoms with van der Waals surface area (Å²) in [6.07, 6.45) is 1.95. The van der Waals surface area contributed by atoms with Gasteiger partial charge >= 0.3 is 0 Å². The molecule has 4 rings (SSSR count). The third kappa shape index (κ3) is 3.34. The second-order valence-corrected chi connectivity index (χ2v) is 8.46. The van der Waals surface area contributed by atoms with E-state index >= 15 is 0 Å². The Kier molecular flexibility index (Phi) is 4.78. The molecule has 1 atom stereocenters. The zero-order valence-corrected chi connectivity index (χ0v) is 16.5. The number of sulfonamides is 1. The van der Waals surface area contributed by atoms with E-state index < -0.39 is 10.0 Å². The number of hydrogen-bond donors (Lipinski definition) is 2. The van der Waals surface area contributed by atoms with Crippen molar-refractivity contribution in [1.82, 2.24) is 14.9 Å². The number of nitrogens with one attached hydrogen (secondary N) is 2. The number of hydrogen-bond acceptors (Lipinski definition) is 4. The quantitative estimate of drug-likeness (QED) is 0.518. The smallest absolute Gasteiger partial charge is 0.245 e. The Morgan fingerprint density at radius 3 is 2.50 bits per heavy atom. The van der Waals surface area contributed by atoms with E-state index in [0.29, 0.717) is 5.69 Å². The molecule has 28 heavy (non-hydrogen) atoms. The van der Waals surface area contributed by atoms with Gasteiger partial charge in [0.15, 0.2) is 5.76 Å². The third-order valence-corrected chi connectivity index (χ3v) is 6.58. The van der Waals surface area contributed by atoms with Crippen molar-refractivity contribution in [3.05, 3.63) is 83.4 Å². The molecule has 4 aromatic rings. The fourth-order valence-corrected chi connectivity index (χ4v) is 4.97. The second-order valence-electron chi connectivity index (χ2n) is 6.76. The molecule has 2 heterocycles. The van der Waals surface area contributed by atoms with E-state index in [2.05, 4.69) is 14.9 Å². The van der Waals surface area contributed by atoms with Gasteiger partial charge in [-0.1, -0.05) is 53.7 Å². The van der Waals surface area contributed by atoms with Crippen LogP contribution in [0.1, 0.15) is 28.5 Å². The van der Waals surface area contributed by atoms with Crippen molar-refractivity contribution in [2.45, 2.75) is 24.7 Å². The van der Waals surface area contributed by atoms with Crippen LogP contribution in [0.2, 0.25) is 0 Å². The van der Waals surface area contributed by atoms with Gasteiger partial charge in [-0.15, -0.1) is 0 Å². The molecule has 2 N–H and O–H groups in total. The fraction of sp³-hybridized carbons (Fsp3) is 0.190. The SMILES string of the molecule is Cc1noc(C)c1S(=O)(=O)NCC(c1ccccc1)c1c[nH]c2ccccc12. The van der Waals surface area contributed by atoms with Gasteiger partial charge in [-0.05, 0) is 31.0 Å². The molecule has 2 aromatic heterocycles. The van der Waals surface area contributed by atoms with Crippen molar-refractivity contribution < 1.29 is 12.9 Å². The predicted octanol–water partition coefficient (Wildman–Crippen LogP) is 3.88. The minimum Gasteiger partial charge on any atom is -0.361 e. The maximum absolute atomic E-state index is 12.9. The van der Waals surface area contributed by atoms with Crippen LogP contribution in [0.4, 0.5) is 0 Å². The standard InChI is InChI=1S/C21H21N3O3S/c1-14-21(15(2)27-24-14)28(25,26)23-13-18(16-8-4-3-5-9-16)19-12-22-20-11-7-6-10-17(19)20/h3-12,18,22-23H,13H2,1-2H3. The van der Waals surface area contributed by atoms with Crippen LogP contribution in [0.15, 0.2) is 70.2 Å². The molecule has 6 nitrogen and oxygen atoms in total. The molecule has 0 bridgehead atoms. The predicted molar refractivity (Wildman–Crippen MR) is 108 cm³/mol. The van der Waals surface area contributed by atoms with Gasteiger partial charge in [0.2, 0.25) is 10.0 Å². The Hall–Kier alpha value is -2.90. The lowest BCUT2D eigenvalue weighted by molar-refractivity contribution is 0.390. The van der Waals surface area contributed by atoms with Gasteiger partial charge in [0, 0.05) is 29.6 Å². The molecule has 0 saturated heterocycles. The Morgan fingerprint density at radius 2 is 1.79 bits per heavy atom. The van der Waals surface area contributed by atoms with Gasteiger partial charge in [-0.3, -0.25) is 0 Å². The van der Waals surface area contributed by atoms with E-state index in [1.54, 1.807) is 13.8 Å². The number of H-pyrrole nitrogens is 1.